The van der Waals surface area contributed by atoms with E-state index in [0.717, 1.165) is 4.88 Å². The van der Waals surface area contributed by atoms with Gasteiger partial charge < -0.3 is 5.32 Å². The fourth-order valence-electron chi connectivity index (χ4n) is 1.11. The third-order valence-electron chi connectivity index (χ3n) is 1.76. The Bertz CT molecular complexity index is 377. The second kappa shape index (κ2) is 5.05. The van der Waals surface area contributed by atoms with Crippen molar-refractivity contribution in [1.29, 1.82) is 0 Å². The zero-order valence-corrected chi connectivity index (χ0v) is 9.84. The predicted octanol–water partition coefficient (Wildman–Crippen LogP) is 3.53. The van der Waals surface area contributed by atoms with E-state index in [1.165, 1.54) is 11.3 Å². The maximum atomic E-state index is 11.9. The highest BCUT2D eigenvalue weighted by Gasteiger charge is 2.31. The highest BCUT2D eigenvalue weighted by molar-refractivity contribution is 7.16. The summed E-state index contributed by atoms with van der Waals surface area (Å²) >= 11 is 6.90. The van der Waals surface area contributed by atoms with E-state index in [0.29, 0.717) is 4.34 Å². The van der Waals surface area contributed by atoms with Crippen molar-refractivity contribution in [2.24, 2.45) is 0 Å². The maximum Gasteiger partial charge on any atom is 0.397 e. The molecule has 1 aromatic heterocycles. The molecule has 90 valence electrons. The van der Waals surface area contributed by atoms with Crippen LogP contribution in [0.4, 0.5) is 13.2 Å². The Hall–Kier alpha value is -0.750. The monoisotopic (exact) mass is 271 g/mol. The van der Waals surface area contributed by atoms with Gasteiger partial charge in [0.25, 0.3) is 0 Å². The average molecular weight is 272 g/mol. The lowest BCUT2D eigenvalue weighted by molar-refractivity contribution is -0.154. The minimum absolute atomic E-state index is 0.465. The quantitative estimate of drug-likeness (QED) is 0.895. The first-order chi connectivity index (χ1) is 7.28. The Labute approximate surface area is 99.4 Å². The highest BCUT2D eigenvalue weighted by atomic mass is 35.5. The molecule has 2 nitrogen and oxygen atoms in total. The molecule has 0 aliphatic rings. The summed E-state index contributed by atoms with van der Waals surface area (Å²) in [6.07, 6.45) is -5.94. The van der Waals surface area contributed by atoms with Crippen molar-refractivity contribution in [3.05, 3.63) is 21.3 Å². The minimum Gasteiger partial charge on any atom is -0.348 e. The molecular weight excluding hydrogens is 263 g/mol. The van der Waals surface area contributed by atoms with Crippen molar-refractivity contribution >= 4 is 28.8 Å². The Balaban J connectivity index is 2.52. The first kappa shape index (κ1) is 13.3. The molecule has 0 bridgehead atoms. The van der Waals surface area contributed by atoms with Crippen LogP contribution in [0.15, 0.2) is 12.1 Å². The van der Waals surface area contributed by atoms with Crippen LogP contribution in [0.3, 0.4) is 0 Å². The van der Waals surface area contributed by atoms with Crippen LogP contribution in [0.2, 0.25) is 4.34 Å². The van der Waals surface area contributed by atoms with Crippen LogP contribution >= 0.6 is 22.9 Å². The van der Waals surface area contributed by atoms with Gasteiger partial charge in [-0.15, -0.1) is 11.3 Å². The lowest BCUT2D eigenvalue weighted by atomic mass is 10.2. The van der Waals surface area contributed by atoms with Gasteiger partial charge in [-0.2, -0.15) is 13.2 Å². The number of alkyl halides is 3. The summed E-state index contributed by atoms with van der Waals surface area (Å²) in [6.45, 7) is 1.61. The number of amides is 1. The van der Waals surface area contributed by atoms with E-state index >= 15 is 0 Å². The molecule has 0 aliphatic carbocycles. The molecule has 0 saturated carbocycles. The normalized spacial score (nSPS) is 13.6. The number of rotatable bonds is 3. The first-order valence-electron chi connectivity index (χ1n) is 4.39. The van der Waals surface area contributed by atoms with Gasteiger partial charge >= 0.3 is 6.18 Å². The van der Waals surface area contributed by atoms with Crippen LogP contribution in [0.25, 0.3) is 0 Å². The zero-order valence-electron chi connectivity index (χ0n) is 8.27. The summed E-state index contributed by atoms with van der Waals surface area (Å²) in [5.74, 6) is -1.04. The summed E-state index contributed by atoms with van der Waals surface area (Å²) < 4.78 is 36.2. The standard InChI is InChI=1S/C9H9ClF3NOS/c1-5(6-2-3-7(10)16-6)14-8(15)4-9(11,12)13/h2-3,5H,4H2,1H3,(H,14,15)/t5-/m1/s1. The van der Waals surface area contributed by atoms with Gasteiger partial charge in [0.05, 0.1) is 10.4 Å². The molecule has 1 atom stereocenters. The van der Waals surface area contributed by atoms with Gasteiger partial charge in [0.2, 0.25) is 5.91 Å². The second-order valence-corrected chi connectivity index (χ2v) is 4.97. The van der Waals surface area contributed by atoms with E-state index in [1.54, 1.807) is 19.1 Å². The number of nitrogens with one attached hydrogen (secondary N) is 1. The molecule has 0 unspecified atom stereocenters. The zero-order chi connectivity index (χ0) is 12.3. The van der Waals surface area contributed by atoms with Gasteiger partial charge in [-0.1, -0.05) is 11.6 Å². The lowest BCUT2D eigenvalue weighted by Crippen LogP contribution is -2.30. The summed E-state index contributed by atoms with van der Waals surface area (Å²) in [7, 11) is 0. The number of thiophene rings is 1. The molecule has 1 amide bonds. The number of carbonyl (C=O) groups excluding carboxylic acids is 1. The van der Waals surface area contributed by atoms with Crippen LogP contribution < -0.4 is 5.32 Å². The molecule has 1 aromatic rings. The van der Waals surface area contributed by atoms with E-state index in [9.17, 15) is 18.0 Å². The Morgan fingerprint density at radius 3 is 2.62 bits per heavy atom. The summed E-state index contributed by atoms with van der Waals surface area (Å²) in [5.41, 5.74) is 0. The molecule has 0 spiro atoms. The lowest BCUT2D eigenvalue weighted by Gasteiger charge is -2.13. The molecule has 0 saturated heterocycles. The summed E-state index contributed by atoms with van der Waals surface area (Å²) in [6, 6.07) is 2.84. The van der Waals surface area contributed by atoms with Crippen molar-refractivity contribution in [1.82, 2.24) is 5.32 Å². The number of hydrogen-bond acceptors (Lipinski definition) is 2. The molecule has 0 aromatic carbocycles. The molecule has 1 rings (SSSR count). The van der Waals surface area contributed by atoms with Crippen LogP contribution in [-0.4, -0.2) is 12.1 Å². The average Bonchev–Trinajstić information content (AvgIpc) is 2.47. The Morgan fingerprint density at radius 1 is 1.56 bits per heavy atom. The fourth-order valence-corrected chi connectivity index (χ4v) is 2.17. The highest BCUT2D eigenvalue weighted by Crippen LogP contribution is 2.27. The number of hydrogen-bond donors (Lipinski definition) is 1. The van der Waals surface area contributed by atoms with Gasteiger partial charge in [0.15, 0.2) is 0 Å². The van der Waals surface area contributed by atoms with Crippen LogP contribution in [-0.2, 0) is 4.79 Å². The van der Waals surface area contributed by atoms with E-state index in [1.807, 2.05) is 0 Å². The molecule has 0 radical (unpaired) electrons. The molecule has 0 fully saturated rings. The Morgan fingerprint density at radius 2 is 2.19 bits per heavy atom. The summed E-state index contributed by atoms with van der Waals surface area (Å²) in [4.78, 5) is 11.7. The second-order valence-electron chi connectivity index (χ2n) is 3.22. The van der Waals surface area contributed by atoms with Crippen molar-refractivity contribution in [3.8, 4) is 0 Å². The van der Waals surface area contributed by atoms with Crippen molar-refractivity contribution in [3.63, 3.8) is 0 Å². The third kappa shape index (κ3) is 4.40. The number of carbonyl (C=O) groups is 1. The topological polar surface area (TPSA) is 29.1 Å². The third-order valence-corrected chi connectivity index (χ3v) is 3.17. The van der Waals surface area contributed by atoms with Crippen LogP contribution in [0.5, 0.6) is 0 Å². The van der Waals surface area contributed by atoms with Gasteiger partial charge in [0.1, 0.15) is 6.42 Å². The van der Waals surface area contributed by atoms with Gasteiger partial charge in [-0.3, -0.25) is 4.79 Å². The molecule has 1 N–H and O–H groups in total. The maximum absolute atomic E-state index is 11.9. The van der Waals surface area contributed by atoms with E-state index in [4.69, 9.17) is 11.6 Å². The minimum atomic E-state index is -4.48. The van der Waals surface area contributed by atoms with Crippen molar-refractivity contribution in [2.45, 2.75) is 25.6 Å². The molecule has 1 heterocycles. The van der Waals surface area contributed by atoms with E-state index < -0.39 is 24.5 Å². The van der Waals surface area contributed by atoms with Crippen LogP contribution in [0.1, 0.15) is 24.3 Å². The summed E-state index contributed by atoms with van der Waals surface area (Å²) in [5, 5.41) is 2.26. The number of halogens is 4. The largest absolute Gasteiger partial charge is 0.397 e. The molecule has 0 aliphatic heterocycles. The van der Waals surface area contributed by atoms with Gasteiger partial charge in [0, 0.05) is 4.88 Å². The predicted molar refractivity (Wildman–Crippen MR) is 56.6 cm³/mol. The van der Waals surface area contributed by atoms with Gasteiger partial charge in [-0.05, 0) is 19.1 Å². The molecule has 7 heteroatoms. The molecule has 16 heavy (non-hydrogen) atoms. The SMILES string of the molecule is C[C@@H](NC(=O)CC(F)(F)F)c1ccc(Cl)s1. The first-order valence-corrected chi connectivity index (χ1v) is 5.59. The van der Waals surface area contributed by atoms with Crippen molar-refractivity contribution in [2.75, 3.05) is 0 Å². The van der Waals surface area contributed by atoms with Gasteiger partial charge in [-0.25, -0.2) is 0 Å². The Kier molecular flexibility index (Phi) is 4.21. The van der Waals surface area contributed by atoms with E-state index in [-0.39, 0.29) is 0 Å². The smallest absolute Gasteiger partial charge is 0.348 e. The fraction of sp³-hybridized carbons (Fsp3) is 0.444. The van der Waals surface area contributed by atoms with Crippen molar-refractivity contribution < 1.29 is 18.0 Å². The van der Waals surface area contributed by atoms with E-state index in [2.05, 4.69) is 5.32 Å². The van der Waals surface area contributed by atoms with Crippen LogP contribution in [0, 0.1) is 0 Å². The molecular formula is C9H9ClF3NOS.